The predicted octanol–water partition coefficient (Wildman–Crippen LogP) is 7.04. The molecular formula is C35H39N6O6+. The van der Waals surface area contributed by atoms with Crippen molar-refractivity contribution in [2.75, 3.05) is 23.4 Å². The summed E-state index contributed by atoms with van der Waals surface area (Å²) in [6, 6.07) is 19.6. The number of para-hydroxylation sites is 2. The molecule has 1 unspecified atom stereocenters. The van der Waals surface area contributed by atoms with Gasteiger partial charge in [-0.3, -0.25) is 19.8 Å². The fraction of sp³-hybridized carbons (Fsp3) is 0.286. The number of unbranched alkanes of at least 4 members (excludes halogenated alkanes) is 4. The second-order valence-corrected chi connectivity index (χ2v) is 11.1. The molecule has 0 bridgehead atoms. The summed E-state index contributed by atoms with van der Waals surface area (Å²) in [5.74, 6) is -1.12. The lowest BCUT2D eigenvalue weighted by atomic mass is 10.1. The number of urea groups is 1. The van der Waals surface area contributed by atoms with Crippen molar-refractivity contribution in [1.29, 1.82) is 0 Å². The van der Waals surface area contributed by atoms with Crippen LogP contribution < -0.4 is 20.1 Å². The van der Waals surface area contributed by atoms with Crippen LogP contribution >= 0.6 is 0 Å². The Hall–Kier alpha value is -5.49. The zero-order chi connectivity index (χ0) is 33.4. The first-order chi connectivity index (χ1) is 22.8. The van der Waals surface area contributed by atoms with Crippen LogP contribution in [0, 0.1) is 0 Å². The summed E-state index contributed by atoms with van der Waals surface area (Å²) >= 11 is 0. The van der Waals surface area contributed by atoms with Crippen LogP contribution in [-0.4, -0.2) is 47.5 Å². The number of rotatable bonds is 11. The van der Waals surface area contributed by atoms with Gasteiger partial charge in [-0.1, -0.05) is 62.9 Å². The monoisotopic (exact) mass is 639 g/mol. The number of aryl methyl sites for hydroxylation is 1. The zero-order valence-corrected chi connectivity index (χ0v) is 26.8. The molecule has 12 heteroatoms. The largest absolute Gasteiger partial charge is 0.558 e. The molecule has 0 fully saturated rings. The van der Waals surface area contributed by atoms with Crippen LogP contribution in [0.4, 0.5) is 26.7 Å². The Labute approximate surface area is 273 Å². The molecule has 244 valence electrons. The van der Waals surface area contributed by atoms with Crippen molar-refractivity contribution in [3.63, 3.8) is 0 Å². The molecule has 0 saturated heterocycles. The summed E-state index contributed by atoms with van der Waals surface area (Å²) < 4.78 is 11.9. The van der Waals surface area contributed by atoms with Gasteiger partial charge in [-0.05, 0) is 54.8 Å². The molecule has 1 aliphatic rings. The van der Waals surface area contributed by atoms with Crippen molar-refractivity contribution >= 4 is 46.8 Å². The van der Waals surface area contributed by atoms with Crippen LogP contribution in [0.5, 0.6) is 0 Å². The summed E-state index contributed by atoms with van der Waals surface area (Å²) in [7, 11) is 1.74. The van der Waals surface area contributed by atoms with Gasteiger partial charge in [-0.25, -0.2) is 4.79 Å². The molecule has 5 amide bonds. The molecule has 5 rings (SSSR count). The first kappa shape index (κ1) is 32.9. The van der Waals surface area contributed by atoms with Crippen molar-refractivity contribution < 1.29 is 28.3 Å². The van der Waals surface area contributed by atoms with Crippen molar-refractivity contribution in [1.82, 2.24) is 14.5 Å². The molecule has 1 atom stereocenters. The maximum atomic E-state index is 14.5. The SMILES string of the molecule is CCCCCCCOC(=O)[N+]1(C(=O)N(CC)c2ccccc2)N=C(NC(=O)c2ccccc2NC(=O)c2cccn2C)c2occc21. The molecule has 0 radical (unpaired) electrons. The Morgan fingerprint density at radius 3 is 2.34 bits per heavy atom. The minimum absolute atomic E-state index is 0.0426. The summed E-state index contributed by atoms with van der Waals surface area (Å²) in [4.78, 5) is 56.6. The van der Waals surface area contributed by atoms with Gasteiger partial charge in [0, 0.05) is 36.1 Å². The number of anilines is 2. The van der Waals surface area contributed by atoms with Gasteiger partial charge >= 0.3 is 12.1 Å². The highest BCUT2D eigenvalue weighted by Gasteiger charge is 2.60. The van der Waals surface area contributed by atoms with E-state index in [1.807, 2.05) is 6.07 Å². The predicted molar refractivity (Wildman–Crippen MR) is 179 cm³/mol. The highest BCUT2D eigenvalue weighted by molar-refractivity contribution is 6.23. The molecule has 1 aliphatic heterocycles. The van der Waals surface area contributed by atoms with E-state index in [0.717, 1.165) is 25.7 Å². The van der Waals surface area contributed by atoms with E-state index in [1.165, 1.54) is 17.2 Å². The molecule has 2 N–H and O–H groups in total. The van der Waals surface area contributed by atoms with Crippen LogP contribution in [0.1, 0.15) is 72.6 Å². The van der Waals surface area contributed by atoms with E-state index in [0.29, 0.717) is 17.8 Å². The van der Waals surface area contributed by atoms with E-state index >= 15 is 0 Å². The van der Waals surface area contributed by atoms with Gasteiger partial charge in [-0.2, -0.15) is 4.79 Å². The van der Waals surface area contributed by atoms with Gasteiger partial charge in [0.15, 0.2) is 0 Å². The van der Waals surface area contributed by atoms with E-state index in [1.54, 1.807) is 85.4 Å². The van der Waals surface area contributed by atoms with Crippen molar-refractivity contribution in [2.24, 2.45) is 12.1 Å². The van der Waals surface area contributed by atoms with Gasteiger partial charge < -0.3 is 19.0 Å². The fourth-order valence-electron chi connectivity index (χ4n) is 5.45. The normalized spacial score (nSPS) is 15.0. The summed E-state index contributed by atoms with van der Waals surface area (Å²) in [5.41, 5.74) is 1.47. The van der Waals surface area contributed by atoms with Crippen molar-refractivity contribution in [3.05, 3.63) is 102 Å². The molecule has 3 heterocycles. The highest BCUT2D eigenvalue weighted by atomic mass is 16.6. The number of quaternary nitrogens is 1. The third kappa shape index (κ3) is 6.73. The smallest absolute Gasteiger partial charge is 0.454 e. The lowest BCUT2D eigenvalue weighted by Gasteiger charge is -2.27. The summed E-state index contributed by atoms with van der Waals surface area (Å²) in [5, 5.41) is 10.1. The number of imide groups is 1. The lowest BCUT2D eigenvalue weighted by molar-refractivity contribution is 0.0974. The highest BCUT2D eigenvalue weighted by Crippen LogP contribution is 2.39. The van der Waals surface area contributed by atoms with Crippen LogP contribution in [0.2, 0.25) is 0 Å². The third-order valence-corrected chi connectivity index (χ3v) is 7.92. The van der Waals surface area contributed by atoms with Gasteiger partial charge in [0.05, 0.1) is 24.1 Å². The van der Waals surface area contributed by atoms with Crippen LogP contribution in [0.3, 0.4) is 0 Å². The van der Waals surface area contributed by atoms with Gasteiger partial charge in [0.2, 0.25) is 17.3 Å². The molecule has 0 saturated carbocycles. The third-order valence-electron chi connectivity index (χ3n) is 7.92. The van der Waals surface area contributed by atoms with Gasteiger partial charge in [-0.15, -0.1) is 0 Å². The van der Waals surface area contributed by atoms with E-state index in [9.17, 15) is 19.2 Å². The molecule has 2 aromatic heterocycles. The lowest BCUT2D eigenvalue weighted by Crippen LogP contribution is -2.59. The number of amides is 5. The number of nitrogens with one attached hydrogen (secondary N) is 2. The number of carbonyl (C=O) groups excluding carboxylic acids is 4. The number of hydrogen-bond donors (Lipinski definition) is 2. The second kappa shape index (κ2) is 14.7. The maximum Gasteiger partial charge on any atom is 0.558 e. The first-order valence-corrected chi connectivity index (χ1v) is 15.8. The van der Waals surface area contributed by atoms with Gasteiger partial charge in [0.1, 0.15) is 5.69 Å². The van der Waals surface area contributed by atoms with Crippen molar-refractivity contribution in [2.45, 2.75) is 46.0 Å². The zero-order valence-electron chi connectivity index (χ0n) is 26.8. The minimum atomic E-state index is -1.22. The van der Waals surface area contributed by atoms with Gasteiger partial charge in [0.25, 0.3) is 11.8 Å². The van der Waals surface area contributed by atoms with E-state index in [-0.39, 0.29) is 41.7 Å². The topological polar surface area (TPSA) is 135 Å². The number of aromatic nitrogens is 1. The number of carbonyl (C=O) groups is 4. The molecule has 2 aromatic carbocycles. The van der Waals surface area contributed by atoms with E-state index < -0.39 is 28.5 Å². The summed E-state index contributed by atoms with van der Waals surface area (Å²) in [6.45, 7) is 4.24. The minimum Gasteiger partial charge on any atom is -0.454 e. The number of benzene rings is 2. The molecule has 47 heavy (non-hydrogen) atoms. The number of furan rings is 1. The Balaban J connectivity index is 1.48. The molecule has 4 aromatic rings. The second-order valence-electron chi connectivity index (χ2n) is 11.1. The molecule has 0 aliphatic carbocycles. The number of ether oxygens (including phenoxy) is 1. The fourth-order valence-corrected chi connectivity index (χ4v) is 5.45. The van der Waals surface area contributed by atoms with Crippen LogP contribution in [0.15, 0.2) is 94.8 Å². The Bertz CT molecular complexity index is 1780. The number of amidine groups is 1. The quantitative estimate of drug-likeness (QED) is 0.134. The average molecular weight is 640 g/mol. The summed E-state index contributed by atoms with van der Waals surface area (Å²) in [6.07, 6.45) is 6.84. The molecular weight excluding hydrogens is 600 g/mol. The Kier molecular flexibility index (Phi) is 10.3. The maximum absolute atomic E-state index is 14.5. The number of hydrogen-bond acceptors (Lipinski definition) is 7. The van der Waals surface area contributed by atoms with Crippen LogP contribution in [-0.2, 0) is 11.8 Å². The van der Waals surface area contributed by atoms with Crippen LogP contribution in [0.25, 0.3) is 0 Å². The average Bonchev–Trinajstić information content (AvgIpc) is 3.81. The molecule has 12 nitrogen and oxygen atoms in total. The first-order valence-electron chi connectivity index (χ1n) is 15.8. The number of fused-ring (bicyclic) bond motifs is 1. The van der Waals surface area contributed by atoms with E-state index in [4.69, 9.17) is 9.15 Å². The Morgan fingerprint density at radius 1 is 0.872 bits per heavy atom. The Morgan fingerprint density at radius 2 is 1.62 bits per heavy atom. The number of nitrogens with zero attached hydrogens (tertiary/aromatic N) is 4. The standard InChI is InChI=1S/C35H38N6O6/c1-4-6-7-8-14-23-47-35(45)41(34(44)40(5-2)25-16-10-9-11-17-25)29-21-24-46-30(29)31(38-41)37-32(42)26-18-12-13-19-27(26)36-33(43)28-20-15-22-39(28)3/h9-13,15-22,24H,4-8,14,23H2,1-3H3,(H-,36,37,38,42,43)/p+1. The van der Waals surface area contributed by atoms with E-state index in [2.05, 4.69) is 22.7 Å². The molecule has 0 spiro atoms. The van der Waals surface area contributed by atoms with Crippen molar-refractivity contribution in [3.8, 4) is 0 Å².